The Morgan fingerprint density at radius 2 is 1.73 bits per heavy atom. The van der Waals surface area contributed by atoms with Crippen molar-refractivity contribution in [2.75, 3.05) is 13.2 Å². The molecule has 1 amide bonds. The van der Waals surface area contributed by atoms with Crippen LogP contribution in [-0.4, -0.2) is 19.1 Å². The van der Waals surface area contributed by atoms with Crippen LogP contribution in [0.5, 0.6) is 17.2 Å². The van der Waals surface area contributed by atoms with E-state index in [-0.39, 0.29) is 18.3 Å². The molecule has 0 aliphatic carbocycles. The number of benzene rings is 2. The summed E-state index contributed by atoms with van der Waals surface area (Å²) in [5, 5.41) is 2.86. The summed E-state index contributed by atoms with van der Waals surface area (Å²) >= 11 is 0. The van der Waals surface area contributed by atoms with Gasteiger partial charge in [-0.15, -0.1) is 0 Å². The molecule has 0 radical (unpaired) electrons. The van der Waals surface area contributed by atoms with E-state index in [4.69, 9.17) is 18.6 Å². The zero-order valence-corrected chi connectivity index (χ0v) is 17.6. The molecule has 3 rings (SSSR count). The number of rotatable bonds is 10. The van der Waals surface area contributed by atoms with Crippen molar-refractivity contribution in [1.29, 1.82) is 0 Å². The average molecular weight is 409 g/mol. The number of amides is 1. The monoisotopic (exact) mass is 409 g/mol. The van der Waals surface area contributed by atoms with Crippen LogP contribution in [0.3, 0.4) is 0 Å². The van der Waals surface area contributed by atoms with Crippen LogP contribution >= 0.6 is 0 Å². The minimum Gasteiger partial charge on any atom is -0.490 e. The van der Waals surface area contributed by atoms with Gasteiger partial charge in [-0.3, -0.25) is 4.79 Å². The van der Waals surface area contributed by atoms with Crippen LogP contribution in [0.2, 0.25) is 0 Å². The smallest absolute Gasteiger partial charge is 0.287 e. The van der Waals surface area contributed by atoms with Gasteiger partial charge in [0.05, 0.1) is 13.2 Å². The number of furan rings is 1. The van der Waals surface area contributed by atoms with E-state index in [1.54, 1.807) is 12.1 Å². The lowest BCUT2D eigenvalue weighted by Crippen LogP contribution is -2.22. The summed E-state index contributed by atoms with van der Waals surface area (Å²) in [4.78, 5) is 12.4. The Kier molecular flexibility index (Phi) is 7.38. The van der Waals surface area contributed by atoms with Crippen molar-refractivity contribution in [2.45, 2.75) is 33.9 Å². The standard InChI is InChI=1S/C24H27NO5/c1-4-27-21-11-9-18(14-23(21)28-5-2)15-25-24(26)22-12-10-20(30-22)16-29-19-8-6-7-17(3)13-19/h6-14H,4-5,15-16H2,1-3H3,(H,25,26). The number of carbonyl (C=O) groups excluding carboxylic acids is 1. The Hall–Kier alpha value is -3.41. The highest BCUT2D eigenvalue weighted by atomic mass is 16.5. The van der Waals surface area contributed by atoms with Crippen molar-refractivity contribution in [3.63, 3.8) is 0 Å². The minimum absolute atomic E-state index is 0.244. The van der Waals surface area contributed by atoms with Crippen molar-refractivity contribution in [1.82, 2.24) is 5.32 Å². The van der Waals surface area contributed by atoms with Crippen LogP contribution in [0.15, 0.2) is 59.0 Å². The molecule has 1 heterocycles. The first-order valence-corrected chi connectivity index (χ1v) is 10.0. The van der Waals surface area contributed by atoms with E-state index < -0.39 is 0 Å². The summed E-state index contributed by atoms with van der Waals surface area (Å²) in [5.74, 6) is 2.66. The van der Waals surface area contributed by atoms with E-state index in [2.05, 4.69) is 5.32 Å². The van der Waals surface area contributed by atoms with Gasteiger partial charge in [-0.25, -0.2) is 0 Å². The molecule has 0 spiro atoms. The van der Waals surface area contributed by atoms with Gasteiger partial charge in [0.25, 0.3) is 5.91 Å². The maximum absolute atomic E-state index is 12.4. The largest absolute Gasteiger partial charge is 0.490 e. The minimum atomic E-state index is -0.288. The Labute approximate surface area is 176 Å². The van der Waals surface area contributed by atoms with Crippen molar-refractivity contribution < 1.29 is 23.4 Å². The van der Waals surface area contributed by atoms with Gasteiger partial charge in [-0.05, 0) is 68.3 Å². The zero-order valence-electron chi connectivity index (χ0n) is 17.6. The van der Waals surface area contributed by atoms with Crippen molar-refractivity contribution >= 4 is 5.91 Å². The molecule has 0 unspecified atom stereocenters. The van der Waals surface area contributed by atoms with Gasteiger partial charge in [-0.1, -0.05) is 18.2 Å². The van der Waals surface area contributed by atoms with Crippen LogP contribution in [0.1, 0.15) is 41.3 Å². The molecule has 0 fully saturated rings. The summed E-state index contributed by atoms with van der Waals surface area (Å²) in [5.41, 5.74) is 2.03. The molecule has 30 heavy (non-hydrogen) atoms. The fraction of sp³-hybridized carbons (Fsp3) is 0.292. The fourth-order valence-electron chi connectivity index (χ4n) is 2.91. The predicted molar refractivity (Wildman–Crippen MR) is 114 cm³/mol. The molecule has 3 aromatic rings. The van der Waals surface area contributed by atoms with Gasteiger partial charge in [0.1, 0.15) is 18.1 Å². The fourth-order valence-corrected chi connectivity index (χ4v) is 2.91. The molecular formula is C24H27NO5. The lowest BCUT2D eigenvalue weighted by atomic mass is 10.2. The van der Waals surface area contributed by atoms with Gasteiger partial charge in [0, 0.05) is 6.54 Å². The first-order valence-electron chi connectivity index (χ1n) is 10.0. The van der Waals surface area contributed by atoms with Crippen LogP contribution < -0.4 is 19.5 Å². The van der Waals surface area contributed by atoms with Crippen LogP contribution in [0.25, 0.3) is 0 Å². The topological polar surface area (TPSA) is 69.9 Å². The molecule has 6 heteroatoms. The van der Waals surface area contributed by atoms with Gasteiger partial charge in [0.2, 0.25) is 0 Å². The third kappa shape index (κ3) is 5.80. The van der Waals surface area contributed by atoms with E-state index in [1.165, 1.54) is 0 Å². The van der Waals surface area contributed by atoms with Crippen LogP contribution in [0, 0.1) is 6.92 Å². The van der Waals surface area contributed by atoms with Crippen molar-refractivity contribution in [2.24, 2.45) is 0 Å². The predicted octanol–water partition coefficient (Wildman–Crippen LogP) is 4.89. The average Bonchev–Trinajstić information content (AvgIpc) is 3.22. The molecule has 1 N–H and O–H groups in total. The van der Waals surface area contributed by atoms with E-state index in [9.17, 15) is 4.79 Å². The van der Waals surface area contributed by atoms with Crippen LogP contribution in [0.4, 0.5) is 0 Å². The molecule has 0 aliphatic heterocycles. The SMILES string of the molecule is CCOc1ccc(CNC(=O)c2ccc(COc3cccc(C)c3)o2)cc1OCC. The van der Waals surface area contributed by atoms with Gasteiger partial charge in [-0.2, -0.15) is 0 Å². The van der Waals surface area contributed by atoms with Gasteiger partial charge in [0.15, 0.2) is 17.3 Å². The lowest BCUT2D eigenvalue weighted by molar-refractivity contribution is 0.0919. The maximum atomic E-state index is 12.4. The second-order valence-corrected chi connectivity index (χ2v) is 6.70. The van der Waals surface area contributed by atoms with E-state index in [0.29, 0.717) is 37.0 Å². The molecule has 0 saturated carbocycles. The second-order valence-electron chi connectivity index (χ2n) is 6.70. The highest BCUT2D eigenvalue weighted by molar-refractivity contribution is 5.91. The third-order valence-electron chi connectivity index (χ3n) is 4.32. The number of carbonyl (C=O) groups is 1. The molecule has 0 aliphatic rings. The normalized spacial score (nSPS) is 10.5. The third-order valence-corrected chi connectivity index (χ3v) is 4.32. The molecule has 6 nitrogen and oxygen atoms in total. The summed E-state index contributed by atoms with van der Waals surface area (Å²) in [6.45, 7) is 7.55. The zero-order chi connectivity index (χ0) is 21.3. The Morgan fingerprint density at radius 1 is 0.933 bits per heavy atom. The highest BCUT2D eigenvalue weighted by Gasteiger charge is 2.12. The quantitative estimate of drug-likeness (QED) is 0.516. The van der Waals surface area contributed by atoms with Crippen molar-refractivity contribution in [3.05, 3.63) is 77.2 Å². The summed E-state index contributed by atoms with van der Waals surface area (Å²) < 4.78 is 22.5. The summed E-state index contributed by atoms with van der Waals surface area (Å²) in [6.07, 6.45) is 0. The highest BCUT2D eigenvalue weighted by Crippen LogP contribution is 2.28. The molecule has 158 valence electrons. The Balaban J connectivity index is 1.55. The van der Waals surface area contributed by atoms with E-state index in [1.807, 2.05) is 63.2 Å². The van der Waals surface area contributed by atoms with Crippen molar-refractivity contribution in [3.8, 4) is 17.2 Å². The Bertz CT molecular complexity index is 979. The molecular weight excluding hydrogens is 382 g/mol. The number of hydrogen-bond donors (Lipinski definition) is 1. The molecule has 2 aromatic carbocycles. The van der Waals surface area contributed by atoms with E-state index >= 15 is 0 Å². The summed E-state index contributed by atoms with van der Waals surface area (Å²) in [7, 11) is 0. The number of ether oxygens (including phenoxy) is 3. The number of hydrogen-bond acceptors (Lipinski definition) is 5. The second kappa shape index (κ2) is 10.4. The molecule has 0 bridgehead atoms. The van der Waals surface area contributed by atoms with Gasteiger partial charge < -0.3 is 23.9 Å². The van der Waals surface area contributed by atoms with E-state index in [0.717, 1.165) is 16.9 Å². The molecule has 0 atom stereocenters. The summed E-state index contributed by atoms with van der Waals surface area (Å²) in [6, 6.07) is 16.8. The lowest BCUT2D eigenvalue weighted by Gasteiger charge is -2.12. The first kappa shape index (κ1) is 21.3. The first-order chi connectivity index (χ1) is 14.6. The maximum Gasteiger partial charge on any atom is 0.287 e. The van der Waals surface area contributed by atoms with Crippen LogP contribution in [-0.2, 0) is 13.2 Å². The number of nitrogens with one attached hydrogen (secondary N) is 1. The Morgan fingerprint density at radius 3 is 2.50 bits per heavy atom. The molecule has 0 saturated heterocycles. The number of aryl methyl sites for hydroxylation is 1. The van der Waals surface area contributed by atoms with Gasteiger partial charge >= 0.3 is 0 Å². The molecule has 1 aromatic heterocycles.